The lowest BCUT2D eigenvalue weighted by molar-refractivity contribution is -0.153. The predicted molar refractivity (Wildman–Crippen MR) is 138 cm³/mol. The molecule has 0 atom stereocenters. The van der Waals surface area contributed by atoms with Gasteiger partial charge in [-0.15, -0.1) is 0 Å². The Labute approximate surface area is 228 Å². The van der Waals surface area contributed by atoms with E-state index in [4.69, 9.17) is 36.3 Å². The third kappa shape index (κ3) is 10.2. The van der Waals surface area contributed by atoms with Crippen LogP contribution in [-0.2, 0) is 19.5 Å². The topological polar surface area (TPSA) is 144 Å². The molecule has 0 bridgehead atoms. The molecule has 11 nitrogen and oxygen atoms in total. The standard InChI is InChI=1S/C14H17ClN2O4.C9H11F3N2O3S/c1-18-3-5-20-12-7-10-11(16-9-17-14(10)15)8-13(12)21-6-4-19-2;1-14-18(15,16)6-2-3-8(7(13)4-6)17-5-9(10,11)12/h7-9H,3-6H2,1-2H3;2-4,14H,5,13H2,1H3. The van der Waals surface area contributed by atoms with E-state index in [1.54, 1.807) is 26.4 Å². The summed E-state index contributed by atoms with van der Waals surface area (Å²) in [6, 6.07) is 6.76. The van der Waals surface area contributed by atoms with Gasteiger partial charge in [-0.1, -0.05) is 11.6 Å². The number of aromatic nitrogens is 2. The van der Waals surface area contributed by atoms with Gasteiger partial charge in [-0.25, -0.2) is 23.1 Å². The SMILES string of the molecule is CNS(=O)(=O)c1ccc(OCC(F)(F)F)c(N)c1.COCCOc1cc2ncnc(Cl)c2cc1OCCOC. The summed E-state index contributed by atoms with van der Waals surface area (Å²) in [5.74, 6) is 0.945. The van der Waals surface area contributed by atoms with Gasteiger partial charge in [-0.3, -0.25) is 0 Å². The minimum atomic E-state index is -4.48. The Morgan fingerprint density at radius 1 is 0.923 bits per heavy atom. The molecule has 1 aromatic heterocycles. The molecular weight excluding hydrogens is 569 g/mol. The van der Waals surface area contributed by atoms with Gasteiger partial charge in [0, 0.05) is 25.7 Å². The lowest BCUT2D eigenvalue weighted by Gasteiger charge is -2.13. The second-order valence-electron chi connectivity index (χ2n) is 7.47. The molecule has 0 spiro atoms. The van der Waals surface area contributed by atoms with Gasteiger partial charge in [0.2, 0.25) is 10.0 Å². The van der Waals surface area contributed by atoms with Crippen molar-refractivity contribution in [2.75, 3.05) is 60.0 Å². The molecule has 16 heteroatoms. The lowest BCUT2D eigenvalue weighted by Crippen LogP contribution is -2.20. The van der Waals surface area contributed by atoms with Crippen LogP contribution in [0.4, 0.5) is 18.9 Å². The second-order valence-corrected chi connectivity index (χ2v) is 9.72. The third-order valence-corrected chi connectivity index (χ3v) is 6.41. The minimum absolute atomic E-state index is 0.151. The summed E-state index contributed by atoms with van der Waals surface area (Å²) >= 11 is 6.08. The Kier molecular flexibility index (Phi) is 12.3. The number of hydrogen-bond acceptors (Lipinski definition) is 10. The third-order valence-electron chi connectivity index (χ3n) is 4.69. The van der Waals surface area contributed by atoms with Crippen LogP contribution in [0.5, 0.6) is 17.2 Å². The van der Waals surface area contributed by atoms with E-state index in [-0.39, 0.29) is 16.3 Å². The molecule has 2 aromatic carbocycles. The number of nitrogen functional groups attached to an aromatic ring is 1. The first-order valence-electron chi connectivity index (χ1n) is 11.1. The van der Waals surface area contributed by atoms with Crippen LogP contribution in [0, 0.1) is 0 Å². The maximum Gasteiger partial charge on any atom is 0.422 e. The van der Waals surface area contributed by atoms with Crippen LogP contribution in [-0.4, -0.2) is 78.9 Å². The van der Waals surface area contributed by atoms with Gasteiger partial charge in [0.15, 0.2) is 18.1 Å². The number of sulfonamides is 1. The summed E-state index contributed by atoms with van der Waals surface area (Å²) in [5, 5.41) is 1.09. The number of anilines is 1. The van der Waals surface area contributed by atoms with E-state index in [0.29, 0.717) is 54.0 Å². The molecule has 216 valence electrons. The summed E-state index contributed by atoms with van der Waals surface area (Å²) in [4.78, 5) is 7.99. The van der Waals surface area contributed by atoms with Crippen molar-refractivity contribution in [3.05, 3.63) is 41.8 Å². The summed E-state index contributed by atoms with van der Waals surface area (Å²) in [6.07, 6.45) is -3.07. The van der Waals surface area contributed by atoms with Crippen molar-refractivity contribution in [1.29, 1.82) is 0 Å². The number of rotatable bonds is 12. The van der Waals surface area contributed by atoms with E-state index in [0.717, 1.165) is 18.2 Å². The van der Waals surface area contributed by atoms with E-state index in [1.165, 1.54) is 13.4 Å². The fourth-order valence-electron chi connectivity index (χ4n) is 2.83. The fraction of sp³-hybridized carbons (Fsp3) is 0.391. The molecule has 0 saturated heterocycles. The highest BCUT2D eigenvalue weighted by atomic mass is 35.5. The summed E-state index contributed by atoms with van der Waals surface area (Å²) in [5.41, 5.74) is 5.93. The number of nitrogens with one attached hydrogen (secondary N) is 1. The normalized spacial score (nSPS) is 11.6. The minimum Gasteiger partial charge on any atom is -0.487 e. The number of nitrogens with zero attached hydrogens (tertiary/aromatic N) is 2. The highest BCUT2D eigenvalue weighted by Gasteiger charge is 2.29. The fourth-order valence-corrected chi connectivity index (χ4v) is 3.79. The van der Waals surface area contributed by atoms with E-state index in [9.17, 15) is 21.6 Å². The van der Waals surface area contributed by atoms with E-state index >= 15 is 0 Å². The van der Waals surface area contributed by atoms with Gasteiger partial charge in [-0.2, -0.15) is 13.2 Å². The van der Waals surface area contributed by atoms with Crippen molar-refractivity contribution in [3.63, 3.8) is 0 Å². The average Bonchev–Trinajstić information content (AvgIpc) is 2.88. The molecule has 0 amide bonds. The first-order valence-corrected chi connectivity index (χ1v) is 13.0. The van der Waals surface area contributed by atoms with Crippen molar-refractivity contribution in [2.24, 2.45) is 0 Å². The molecule has 0 fully saturated rings. The molecule has 0 radical (unpaired) electrons. The zero-order valence-electron chi connectivity index (χ0n) is 21.2. The Morgan fingerprint density at radius 3 is 2.08 bits per heavy atom. The lowest BCUT2D eigenvalue weighted by atomic mass is 10.2. The number of alkyl halides is 3. The van der Waals surface area contributed by atoms with Crippen molar-refractivity contribution in [2.45, 2.75) is 11.1 Å². The van der Waals surface area contributed by atoms with Gasteiger partial charge in [0.25, 0.3) is 0 Å². The molecule has 39 heavy (non-hydrogen) atoms. The predicted octanol–water partition coefficient (Wildman–Crippen LogP) is 3.45. The average molecular weight is 597 g/mol. The zero-order valence-corrected chi connectivity index (χ0v) is 22.8. The number of halogens is 4. The quantitative estimate of drug-likeness (QED) is 0.181. The molecule has 1 heterocycles. The molecule has 3 rings (SSSR count). The number of nitrogens with two attached hydrogens (primary N) is 1. The second kappa shape index (κ2) is 14.9. The number of hydrogen-bond donors (Lipinski definition) is 2. The summed E-state index contributed by atoms with van der Waals surface area (Å²) < 4.78 is 86.3. The molecule has 0 saturated carbocycles. The van der Waals surface area contributed by atoms with Crippen LogP contribution in [0.2, 0.25) is 5.15 Å². The first-order chi connectivity index (χ1) is 18.4. The van der Waals surface area contributed by atoms with Crippen LogP contribution in [0.1, 0.15) is 0 Å². The smallest absolute Gasteiger partial charge is 0.422 e. The molecule has 0 aliphatic carbocycles. The summed E-state index contributed by atoms with van der Waals surface area (Å²) in [6.45, 7) is 0.305. The maximum absolute atomic E-state index is 11.9. The number of benzene rings is 2. The zero-order chi connectivity index (χ0) is 29.1. The van der Waals surface area contributed by atoms with E-state index < -0.39 is 22.8 Å². The largest absolute Gasteiger partial charge is 0.487 e. The molecule has 3 N–H and O–H groups in total. The van der Waals surface area contributed by atoms with Crippen LogP contribution >= 0.6 is 11.6 Å². The molecule has 0 unspecified atom stereocenters. The maximum atomic E-state index is 11.9. The van der Waals surface area contributed by atoms with Crippen molar-refractivity contribution in [3.8, 4) is 17.2 Å². The van der Waals surface area contributed by atoms with Gasteiger partial charge < -0.3 is 29.4 Å². The Bertz CT molecular complexity index is 1330. The van der Waals surface area contributed by atoms with E-state index in [1.807, 2.05) is 0 Å². The van der Waals surface area contributed by atoms with Crippen molar-refractivity contribution >= 4 is 38.2 Å². The molecule has 3 aromatic rings. The molecular formula is C23H28ClF3N4O7S. The highest BCUT2D eigenvalue weighted by molar-refractivity contribution is 7.89. The molecule has 0 aliphatic heterocycles. The van der Waals surface area contributed by atoms with Crippen LogP contribution in [0.15, 0.2) is 41.6 Å². The number of ether oxygens (including phenoxy) is 5. The van der Waals surface area contributed by atoms with Gasteiger partial charge >= 0.3 is 6.18 Å². The highest BCUT2D eigenvalue weighted by Crippen LogP contribution is 2.34. The first kappa shape index (κ1) is 32.1. The Hall–Kier alpha value is -3.11. The Morgan fingerprint density at radius 2 is 1.54 bits per heavy atom. The molecule has 0 aliphatic rings. The van der Waals surface area contributed by atoms with Gasteiger partial charge in [-0.05, 0) is 31.3 Å². The summed E-state index contributed by atoms with van der Waals surface area (Å²) in [7, 11) is 0.753. The monoisotopic (exact) mass is 596 g/mol. The van der Waals surface area contributed by atoms with Gasteiger partial charge in [0.1, 0.15) is 30.4 Å². The van der Waals surface area contributed by atoms with Gasteiger partial charge in [0.05, 0.1) is 29.3 Å². The van der Waals surface area contributed by atoms with Crippen molar-refractivity contribution in [1.82, 2.24) is 14.7 Å². The van der Waals surface area contributed by atoms with E-state index in [2.05, 4.69) is 19.4 Å². The number of methoxy groups -OCH3 is 2. The van der Waals surface area contributed by atoms with Crippen molar-refractivity contribution < 1.29 is 45.3 Å². The Balaban J connectivity index is 0.000000277. The van der Waals surface area contributed by atoms with Crippen LogP contribution in [0.25, 0.3) is 10.9 Å². The van der Waals surface area contributed by atoms with Crippen LogP contribution in [0.3, 0.4) is 0 Å². The van der Waals surface area contributed by atoms with Crippen LogP contribution < -0.4 is 24.7 Å². The number of fused-ring (bicyclic) bond motifs is 1.